The molecule has 3 unspecified atom stereocenters. The molecule has 5 aromatic carbocycles. The molecule has 5 rings (SSSR count). The first-order valence-corrected chi connectivity index (χ1v) is 41.2. The number of hydrogen-bond acceptors (Lipinski definition) is 12. The Bertz CT molecular complexity index is 2470. The van der Waals surface area contributed by atoms with Crippen molar-refractivity contribution in [3.8, 4) is 0 Å². The van der Waals surface area contributed by atoms with Gasteiger partial charge in [-0.3, -0.25) is 0 Å². The van der Waals surface area contributed by atoms with E-state index in [1.165, 1.54) is 231 Å². The molecule has 3 atom stereocenters. The first-order valence-electron chi connectivity index (χ1n) is 37.6. The zero-order valence-corrected chi connectivity index (χ0v) is 63.0. The van der Waals surface area contributed by atoms with E-state index < -0.39 is 49.0 Å². The molecule has 0 bridgehead atoms. The summed E-state index contributed by atoms with van der Waals surface area (Å²) in [6.45, 7) is 13.4. The summed E-state index contributed by atoms with van der Waals surface area (Å²) in [5, 5.41) is 28.0. The molecule has 11 N–H and O–H groups in total. The summed E-state index contributed by atoms with van der Waals surface area (Å²) in [6, 6.07) is 46.3. The van der Waals surface area contributed by atoms with Crippen LogP contribution >= 0.6 is 25.8 Å². The highest BCUT2D eigenvalue weighted by Gasteiger charge is 2.62. The molecule has 5 aromatic rings. The molecule has 0 aliphatic rings. The van der Waals surface area contributed by atoms with E-state index >= 15 is 5.11 Å². The van der Waals surface area contributed by atoms with Gasteiger partial charge in [-0.25, -0.2) is 0 Å². The van der Waals surface area contributed by atoms with Crippen LogP contribution in [0.25, 0.3) is 0 Å². The molecule has 0 fully saturated rings. The zero-order chi connectivity index (χ0) is 70.5. The van der Waals surface area contributed by atoms with E-state index in [0.29, 0.717) is 0 Å². The summed E-state index contributed by atoms with van der Waals surface area (Å²) in [6.07, 6.45) is 46.3. The van der Waals surface area contributed by atoms with Gasteiger partial charge in [-0.05, 0) is 127 Å². The van der Waals surface area contributed by atoms with Gasteiger partial charge >= 0.3 is 25.8 Å². The molecule has 15 heteroatoms. The van der Waals surface area contributed by atoms with Crippen molar-refractivity contribution in [3.05, 3.63) is 177 Å². The second-order valence-corrected chi connectivity index (χ2v) is 28.1. The van der Waals surface area contributed by atoms with Gasteiger partial charge < -0.3 is 59.0 Å². The number of aliphatic hydroxyl groups excluding tert-OH is 1. The van der Waals surface area contributed by atoms with Crippen molar-refractivity contribution < 1.29 is 59.0 Å². The maximum atomic E-state index is 16.6. The van der Waals surface area contributed by atoms with Crippen LogP contribution in [-0.2, 0) is 47.9 Å². The summed E-state index contributed by atoms with van der Waals surface area (Å²) < 4.78 is 7.78. The number of hydrogen-bond donors (Lipinski definition) is 11. The van der Waals surface area contributed by atoms with Crippen LogP contribution in [0.2, 0.25) is 0 Å². The fraction of sp³-hybridized carbons (Fsp3) is 0.630. The van der Waals surface area contributed by atoms with E-state index in [-0.39, 0.29) is 6.61 Å². The Balaban J connectivity index is 0.00000240. The van der Waals surface area contributed by atoms with Crippen molar-refractivity contribution in [3.63, 3.8) is 0 Å². The summed E-state index contributed by atoms with van der Waals surface area (Å²) in [5.74, 6) is 0. The van der Waals surface area contributed by atoms with Gasteiger partial charge in [0.2, 0.25) is 0 Å². The Labute approximate surface area is 586 Å². The summed E-state index contributed by atoms with van der Waals surface area (Å²) in [5.41, 5.74) is 9.01. The van der Waals surface area contributed by atoms with Crippen molar-refractivity contribution >= 4 is 25.8 Å². The molecule has 544 valence electrons. The van der Waals surface area contributed by atoms with E-state index in [9.17, 15) is 5.11 Å². The average molecular weight is 1390 g/mol. The second-order valence-electron chi connectivity index (χ2n) is 26.5. The van der Waals surface area contributed by atoms with Crippen LogP contribution in [0.3, 0.4) is 0 Å². The number of rotatable bonds is 50. The average Bonchev–Trinajstić information content (AvgIpc) is 0.684. The first kappa shape index (κ1) is 89.0. The van der Waals surface area contributed by atoms with Gasteiger partial charge in [0.15, 0.2) is 0 Å². The Hall–Kier alpha value is -3.09. The Morgan fingerprint density at radius 1 is 0.302 bits per heavy atom. The molecular weight excluding hydrogens is 1260 g/mol. The van der Waals surface area contributed by atoms with E-state index in [4.69, 9.17) is 48.8 Å². The molecule has 0 aliphatic heterocycles. The van der Waals surface area contributed by atoms with Crippen LogP contribution in [0.4, 0.5) is 0 Å². The lowest BCUT2D eigenvalue weighted by Crippen LogP contribution is -2.57. The lowest BCUT2D eigenvalue weighted by molar-refractivity contribution is -0.170. The highest BCUT2D eigenvalue weighted by atomic mass is 31.2. The van der Waals surface area contributed by atoms with Crippen LogP contribution in [0.15, 0.2) is 121 Å². The van der Waals surface area contributed by atoms with Crippen LogP contribution in [-0.4, -0.2) is 67.0 Å². The molecule has 0 heterocycles. The molecule has 0 saturated heterocycles. The van der Waals surface area contributed by atoms with Crippen LogP contribution in [0.1, 0.15) is 328 Å². The van der Waals surface area contributed by atoms with Gasteiger partial charge in [0.1, 0.15) is 11.7 Å². The smallest absolute Gasteiger partial charge is 0.324 e. The monoisotopic (exact) mass is 1390 g/mol. The minimum absolute atomic E-state index is 0.155. The highest BCUT2D eigenvalue weighted by Crippen LogP contribution is 2.62. The number of ether oxygens (including phenoxy) is 1. The summed E-state index contributed by atoms with van der Waals surface area (Å²) in [4.78, 5) is 65.1. The topological polar surface area (TPSA) is 232 Å². The van der Waals surface area contributed by atoms with Crippen molar-refractivity contribution in [2.24, 2.45) is 0 Å². The first-order chi connectivity index (χ1) is 46.6. The van der Waals surface area contributed by atoms with Crippen molar-refractivity contribution in [1.29, 1.82) is 0 Å². The van der Waals surface area contributed by atoms with Gasteiger partial charge in [0, 0.05) is 0 Å². The molecule has 0 aliphatic carbocycles. The maximum absolute atomic E-state index is 16.6. The van der Waals surface area contributed by atoms with E-state index in [0.717, 1.165) is 81.8 Å². The molecule has 0 spiro atoms. The fourth-order valence-electron chi connectivity index (χ4n) is 14.1. The second kappa shape index (κ2) is 56.5. The number of aryl methyl sites for hydroxylation is 5. The third kappa shape index (κ3) is 34.5. The standard InChI is InChI=1S/C81H124O3.3H3O3P/c1-7-12-17-22-27-32-37-52-69-53-42-47-62-74(69)79(84-68(6)67-82)81(83,78-66-51-46-61-73(78)57-41-36-31-26-21-16-11-5)80(75-63-48-43-58-70(75)54-38-33-28-23-18-13-8-2,76-64-49-44-59-71(76)55-39-34-29-24-19-14-9-3)77-65-50-45-60-72(77)56-40-35-30-25-20-15-10-4;3*1-4(2)3/h42-51,53,58-66,68,79,82-83H,7-41,52,54-57,67H2,1-6H3;3*1-3H. The van der Waals surface area contributed by atoms with E-state index in [2.05, 4.69) is 156 Å². The zero-order valence-electron chi connectivity index (χ0n) is 60.4. The SMILES string of the molecule is CCCCCCCCCc1ccccc1C(OC(C)CO)C(O)(c1ccccc1CCCCCCCCC)C(c1ccccc1CCCCCCCCC)(c1ccccc1CCCCCCCCC)c1ccccc1CCCCCCCCC.OP(O)O.OP(O)O.OP(O)O. The third-order valence-electron chi connectivity index (χ3n) is 18.9. The van der Waals surface area contributed by atoms with Crippen molar-refractivity contribution in [2.45, 2.75) is 322 Å². The number of aliphatic hydroxyl groups is 2. The molecule has 0 amide bonds. The predicted octanol–water partition coefficient (Wildman–Crippen LogP) is 21.1. The van der Waals surface area contributed by atoms with Gasteiger partial charge in [-0.15, -0.1) is 0 Å². The number of unbranched alkanes of at least 4 members (excludes halogenated alkanes) is 30. The van der Waals surface area contributed by atoms with Crippen LogP contribution in [0, 0.1) is 0 Å². The summed E-state index contributed by atoms with van der Waals surface area (Å²) >= 11 is 0. The van der Waals surface area contributed by atoms with E-state index in [1.807, 2.05) is 6.92 Å². The van der Waals surface area contributed by atoms with Crippen LogP contribution in [0.5, 0.6) is 0 Å². The third-order valence-corrected chi connectivity index (χ3v) is 18.9. The molecule has 96 heavy (non-hydrogen) atoms. The van der Waals surface area contributed by atoms with Gasteiger partial charge in [-0.2, -0.15) is 0 Å². The van der Waals surface area contributed by atoms with Crippen molar-refractivity contribution in [2.75, 3.05) is 6.61 Å². The quantitative estimate of drug-likeness (QED) is 0.00992. The molecule has 12 nitrogen and oxygen atoms in total. The largest absolute Gasteiger partial charge is 0.394 e. The maximum Gasteiger partial charge on any atom is 0.324 e. The predicted molar refractivity (Wildman–Crippen MR) is 406 cm³/mol. The highest BCUT2D eigenvalue weighted by molar-refractivity contribution is 7.38. The van der Waals surface area contributed by atoms with Gasteiger partial charge in [0.05, 0.1) is 18.1 Å². The van der Waals surface area contributed by atoms with E-state index in [1.54, 1.807) is 0 Å². The molecule has 0 saturated carbocycles. The minimum atomic E-state index is -2.62. The normalized spacial score (nSPS) is 12.8. The Morgan fingerprint density at radius 2 is 0.510 bits per heavy atom. The van der Waals surface area contributed by atoms with Gasteiger partial charge in [0.25, 0.3) is 0 Å². The van der Waals surface area contributed by atoms with Crippen molar-refractivity contribution in [1.82, 2.24) is 0 Å². The molecule has 0 aromatic heterocycles. The Kier molecular flexibility index (Phi) is 52.4. The lowest BCUT2D eigenvalue weighted by Gasteiger charge is -2.55. The molecule has 0 radical (unpaired) electrons. The van der Waals surface area contributed by atoms with Crippen LogP contribution < -0.4 is 0 Å². The minimum Gasteiger partial charge on any atom is -0.394 e. The summed E-state index contributed by atoms with van der Waals surface area (Å²) in [7, 11) is -7.86. The Morgan fingerprint density at radius 3 is 0.781 bits per heavy atom. The fourth-order valence-corrected chi connectivity index (χ4v) is 14.1. The lowest BCUT2D eigenvalue weighted by atomic mass is 9.51. The number of benzene rings is 5. The molecular formula is C81H133O12P3. The van der Waals surface area contributed by atoms with Gasteiger partial charge in [-0.1, -0.05) is 349 Å².